The van der Waals surface area contributed by atoms with E-state index in [4.69, 9.17) is 0 Å². The summed E-state index contributed by atoms with van der Waals surface area (Å²) in [4.78, 5) is 0. The zero-order valence-corrected chi connectivity index (χ0v) is 16.5. The predicted octanol–water partition coefficient (Wildman–Crippen LogP) is 4.58. The molecular weight excluding hydrogens is 366 g/mol. The Hall–Kier alpha value is -2.91. The molecule has 0 N–H and O–H groups in total. The van der Waals surface area contributed by atoms with E-state index in [1.807, 2.05) is 60.7 Å². The molecule has 0 aromatic heterocycles. The Morgan fingerprint density at radius 3 is 1.89 bits per heavy atom. The summed E-state index contributed by atoms with van der Waals surface area (Å²) in [6.45, 7) is 0.713. The van der Waals surface area contributed by atoms with Gasteiger partial charge in [-0.05, 0) is 22.3 Å². The molecule has 0 saturated carbocycles. The minimum absolute atomic E-state index is 0.318. The summed E-state index contributed by atoms with van der Waals surface area (Å²) >= 11 is 0. The molecule has 1 heterocycles. The Labute approximate surface area is 166 Å². The van der Waals surface area contributed by atoms with Gasteiger partial charge < -0.3 is 0 Å². The van der Waals surface area contributed by atoms with Crippen molar-refractivity contribution in [3.8, 4) is 0 Å². The zero-order valence-electron chi connectivity index (χ0n) is 15.7. The van der Waals surface area contributed by atoms with Crippen LogP contribution in [0.3, 0.4) is 0 Å². The average molecular weight is 388 g/mol. The van der Waals surface area contributed by atoms with Crippen LogP contribution in [0.5, 0.6) is 0 Å². The fourth-order valence-corrected chi connectivity index (χ4v) is 4.21. The summed E-state index contributed by atoms with van der Waals surface area (Å²) in [6, 6.07) is 28.2. The van der Waals surface area contributed by atoms with Gasteiger partial charge in [-0.25, -0.2) is 8.42 Å². The molecule has 0 aliphatic carbocycles. The van der Waals surface area contributed by atoms with Gasteiger partial charge in [-0.2, -0.15) is 4.31 Å². The van der Waals surface area contributed by atoms with E-state index in [0.29, 0.717) is 13.1 Å². The van der Waals surface area contributed by atoms with Crippen molar-refractivity contribution in [1.82, 2.24) is 4.31 Å². The minimum atomic E-state index is -3.30. The summed E-state index contributed by atoms with van der Waals surface area (Å²) in [5, 5.41) is 0. The summed E-state index contributed by atoms with van der Waals surface area (Å²) < 4.78 is 26.0. The molecule has 0 spiro atoms. The van der Waals surface area contributed by atoms with Gasteiger partial charge in [-0.1, -0.05) is 84.9 Å². The molecule has 3 aromatic rings. The highest BCUT2D eigenvalue weighted by molar-refractivity contribution is 7.88. The normalized spacial score (nSPS) is 14.2. The van der Waals surface area contributed by atoms with Crippen molar-refractivity contribution in [1.29, 1.82) is 0 Å². The first kappa shape index (κ1) is 18.5. The summed E-state index contributed by atoms with van der Waals surface area (Å²) in [5.41, 5.74) is 9.58. The molecule has 1 aliphatic heterocycles. The van der Waals surface area contributed by atoms with Gasteiger partial charge in [0.05, 0.1) is 6.26 Å². The smallest absolute Gasteiger partial charge is 0.211 e. The average Bonchev–Trinajstić information content (AvgIpc) is 2.72. The molecule has 3 aromatic carbocycles. The molecular formula is C24H21NO2S. The second-order valence-corrected chi connectivity index (χ2v) is 8.88. The van der Waals surface area contributed by atoms with Crippen LogP contribution in [0.15, 0.2) is 90.7 Å². The lowest BCUT2D eigenvalue weighted by Gasteiger charge is -2.28. The monoisotopic (exact) mass is 387 g/mol. The molecule has 140 valence electrons. The van der Waals surface area contributed by atoms with Crippen LogP contribution in [-0.2, 0) is 16.6 Å². The van der Waals surface area contributed by atoms with Gasteiger partial charge in [-0.3, -0.25) is 0 Å². The number of nitrogens with zero attached hydrogens (tertiary/aromatic N) is 1. The topological polar surface area (TPSA) is 37.4 Å². The maximum atomic E-state index is 12.2. The van der Waals surface area contributed by atoms with Crippen LogP contribution in [0.25, 0.3) is 11.1 Å². The van der Waals surface area contributed by atoms with Crippen molar-refractivity contribution < 1.29 is 8.42 Å². The van der Waals surface area contributed by atoms with Gasteiger partial charge in [0, 0.05) is 24.2 Å². The number of rotatable bonds is 3. The molecule has 4 heteroatoms. The van der Waals surface area contributed by atoms with Crippen LogP contribution in [0.2, 0.25) is 0 Å². The molecule has 0 saturated heterocycles. The fourth-order valence-electron chi connectivity index (χ4n) is 3.47. The minimum Gasteiger partial charge on any atom is -0.212 e. The van der Waals surface area contributed by atoms with E-state index in [1.165, 1.54) is 10.6 Å². The predicted molar refractivity (Wildman–Crippen MR) is 114 cm³/mol. The van der Waals surface area contributed by atoms with Gasteiger partial charge in [0.25, 0.3) is 0 Å². The number of fused-ring (bicyclic) bond motifs is 1. The van der Waals surface area contributed by atoms with Gasteiger partial charge in [0.1, 0.15) is 0 Å². The summed E-state index contributed by atoms with van der Waals surface area (Å²) in [5.74, 6) is 0. The Balaban J connectivity index is 1.99. The molecule has 0 radical (unpaired) electrons. The Morgan fingerprint density at radius 2 is 1.32 bits per heavy atom. The summed E-state index contributed by atoms with van der Waals surface area (Å²) in [7, 11) is -3.30. The standard InChI is InChI=1S/C24H21NO2S/c1-28(26,27)25-17-21-14-8-9-15-23(21)22(18-25)16-24(19-10-4-2-5-11-19)20-12-6-3-7-13-20/h2-15H,17-18H2,1H3. The molecule has 0 bridgehead atoms. The van der Waals surface area contributed by atoms with E-state index in [0.717, 1.165) is 33.4 Å². The third-order valence-corrected chi connectivity index (χ3v) is 6.09. The maximum absolute atomic E-state index is 12.2. The van der Waals surface area contributed by atoms with E-state index >= 15 is 0 Å². The third-order valence-electron chi connectivity index (χ3n) is 4.89. The first-order valence-electron chi connectivity index (χ1n) is 9.16. The summed E-state index contributed by atoms with van der Waals surface area (Å²) in [6.07, 6.45) is 1.26. The van der Waals surface area contributed by atoms with E-state index in [-0.39, 0.29) is 0 Å². The van der Waals surface area contributed by atoms with Gasteiger partial charge in [0.2, 0.25) is 10.0 Å². The molecule has 0 fully saturated rings. The van der Waals surface area contributed by atoms with Crippen LogP contribution < -0.4 is 0 Å². The van der Waals surface area contributed by atoms with Gasteiger partial charge >= 0.3 is 0 Å². The van der Waals surface area contributed by atoms with Crippen LogP contribution >= 0.6 is 0 Å². The molecule has 28 heavy (non-hydrogen) atoms. The lowest BCUT2D eigenvalue weighted by Crippen LogP contribution is -2.34. The lowest BCUT2D eigenvalue weighted by molar-refractivity contribution is 0.439. The molecule has 4 rings (SSSR count). The van der Waals surface area contributed by atoms with Crippen LogP contribution in [-0.4, -0.2) is 25.5 Å². The van der Waals surface area contributed by atoms with Crippen molar-refractivity contribution in [3.05, 3.63) is 113 Å². The van der Waals surface area contributed by atoms with Crippen molar-refractivity contribution in [2.45, 2.75) is 6.54 Å². The first-order valence-corrected chi connectivity index (χ1v) is 11.0. The quantitative estimate of drug-likeness (QED) is 0.617. The number of benzene rings is 3. The first-order chi connectivity index (χ1) is 13.5. The highest BCUT2D eigenvalue weighted by atomic mass is 32.2. The zero-order chi connectivity index (χ0) is 19.6. The van der Waals surface area contributed by atoms with Crippen molar-refractivity contribution >= 4 is 21.2 Å². The Kier molecular flexibility index (Phi) is 5.01. The second kappa shape index (κ2) is 7.61. The second-order valence-electron chi connectivity index (χ2n) is 6.90. The molecule has 1 aliphatic rings. The highest BCUT2D eigenvalue weighted by Crippen LogP contribution is 2.31. The van der Waals surface area contributed by atoms with Crippen LogP contribution in [0.4, 0.5) is 0 Å². The number of sulfonamides is 1. The molecule has 0 amide bonds. The van der Waals surface area contributed by atoms with E-state index in [1.54, 1.807) is 0 Å². The van der Waals surface area contributed by atoms with E-state index < -0.39 is 10.0 Å². The van der Waals surface area contributed by atoms with Crippen LogP contribution in [0, 0.1) is 0 Å². The van der Waals surface area contributed by atoms with Crippen molar-refractivity contribution in [2.24, 2.45) is 0 Å². The van der Waals surface area contributed by atoms with E-state index in [9.17, 15) is 8.42 Å². The Morgan fingerprint density at radius 1 is 0.786 bits per heavy atom. The molecule has 0 unspecified atom stereocenters. The SMILES string of the molecule is CS(=O)(=O)N1CC(=C=C(c2ccccc2)c2ccccc2)c2ccccc2C1. The third kappa shape index (κ3) is 3.85. The van der Waals surface area contributed by atoms with Gasteiger partial charge in [-0.15, -0.1) is 5.73 Å². The van der Waals surface area contributed by atoms with Crippen LogP contribution in [0.1, 0.15) is 22.3 Å². The van der Waals surface area contributed by atoms with Crippen molar-refractivity contribution in [2.75, 3.05) is 12.8 Å². The highest BCUT2D eigenvalue weighted by Gasteiger charge is 2.26. The van der Waals surface area contributed by atoms with E-state index in [2.05, 4.69) is 30.0 Å². The molecule has 0 atom stereocenters. The largest absolute Gasteiger partial charge is 0.212 e. The Bertz CT molecular complexity index is 1120. The number of hydrogen-bond acceptors (Lipinski definition) is 2. The van der Waals surface area contributed by atoms with Crippen molar-refractivity contribution in [3.63, 3.8) is 0 Å². The fraction of sp³-hybridized carbons (Fsp3) is 0.125. The maximum Gasteiger partial charge on any atom is 0.211 e. The van der Waals surface area contributed by atoms with Gasteiger partial charge in [0.15, 0.2) is 0 Å². The number of hydrogen-bond donors (Lipinski definition) is 0. The molecule has 3 nitrogen and oxygen atoms in total. The lowest BCUT2D eigenvalue weighted by atomic mass is 9.93.